The summed E-state index contributed by atoms with van der Waals surface area (Å²) >= 11 is 0. The average Bonchev–Trinajstić information content (AvgIpc) is 2.13. The minimum atomic E-state index is -0.489. The van der Waals surface area contributed by atoms with E-state index in [2.05, 4.69) is 19.2 Å². The summed E-state index contributed by atoms with van der Waals surface area (Å²) in [5, 5.41) is 11.7. The lowest BCUT2D eigenvalue weighted by Gasteiger charge is -2.40. The van der Waals surface area contributed by atoms with E-state index in [4.69, 9.17) is 5.26 Å². The van der Waals surface area contributed by atoms with Crippen LogP contribution in [0, 0.1) is 28.6 Å². The van der Waals surface area contributed by atoms with Crippen LogP contribution in [0.3, 0.4) is 0 Å². The molecule has 1 atom stereocenters. The molecule has 0 saturated heterocycles. The molecule has 0 aromatic rings. The first-order valence-electron chi connectivity index (χ1n) is 6.18. The van der Waals surface area contributed by atoms with Crippen LogP contribution in [0.2, 0.25) is 0 Å². The van der Waals surface area contributed by atoms with Gasteiger partial charge in [-0.3, -0.25) is 4.79 Å². The molecule has 16 heavy (non-hydrogen) atoms. The summed E-state index contributed by atoms with van der Waals surface area (Å²) in [6.07, 6.45) is 4.46. The van der Waals surface area contributed by atoms with Gasteiger partial charge in [0.1, 0.15) is 5.92 Å². The first-order chi connectivity index (χ1) is 7.51. The maximum atomic E-state index is 11.6. The van der Waals surface area contributed by atoms with Crippen LogP contribution in [0.4, 0.5) is 0 Å². The number of hydrogen-bond acceptors (Lipinski definition) is 2. The van der Waals surface area contributed by atoms with Gasteiger partial charge in [-0.05, 0) is 30.6 Å². The molecule has 1 saturated carbocycles. The van der Waals surface area contributed by atoms with Crippen molar-refractivity contribution >= 4 is 5.91 Å². The molecule has 90 valence electrons. The Kier molecular flexibility index (Phi) is 4.35. The molecule has 0 bridgehead atoms. The van der Waals surface area contributed by atoms with Gasteiger partial charge in [-0.15, -0.1) is 0 Å². The van der Waals surface area contributed by atoms with Crippen molar-refractivity contribution in [2.24, 2.45) is 17.3 Å². The summed E-state index contributed by atoms with van der Waals surface area (Å²) in [6, 6.07) is 2.03. The van der Waals surface area contributed by atoms with Gasteiger partial charge < -0.3 is 5.32 Å². The first-order valence-corrected chi connectivity index (χ1v) is 6.18. The second-order valence-corrected chi connectivity index (χ2v) is 5.42. The number of nitrogens with zero attached hydrogens (tertiary/aromatic N) is 1. The zero-order valence-electron chi connectivity index (χ0n) is 10.5. The van der Waals surface area contributed by atoms with E-state index in [-0.39, 0.29) is 11.3 Å². The summed E-state index contributed by atoms with van der Waals surface area (Å²) in [5.41, 5.74) is 0.168. The molecule has 1 unspecified atom stereocenters. The fraction of sp³-hybridized carbons (Fsp3) is 0.846. The third-order valence-electron chi connectivity index (χ3n) is 3.81. The molecule has 0 spiro atoms. The fourth-order valence-electron chi connectivity index (χ4n) is 2.11. The molecule has 0 aromatic carbocycles. The molecule has 3 heteroatoms. The summed E-state index contributed by atoms with van der Waals surface area (Å²) in [5.74, 6) is 0.129. The zero-order chi connectivity index (χ0) is 12.2. The number of nitrogens with one attached hydrogen (secondary N) is 1. The Morgan fingerprint density at radius 3 is 2.56 bits per heavy atom. The molecular formula is C13H22N2O. The van der Waals surface area contributed by atoms with Crippen LogP contribution >= 0.6 is 0 Å². The van der Waals surface area contributed by atoms with E-state index in [1.165, 1.54) is 19.3 Å². The van der Waals surface area contributed by atoms with Crippen LogP contribution in [-0.4, -0.2) is 12.5 Å². The van der Waals surface area contributed by atoms with Gasteiger partial charge in [-0.2, -0.15) is 5.26 Å². The van der Waals surface area contributed by atoms with Crippen LogP contribution in [0.15, 0.2) is 0 Å². The van der Waals surface area contributed by atoms with Crippen LogP contribution in [0.5, 0.6) is 0 Å². The maximum absolute atomic E-state index is 11.6. The third-order valence-corrected chi connectivity index (χ3v) is 3.81. The molecule has 3 nitrogen and oxygen atoms in total. The Labute approximate surface area is 98.2 Å². The van der Waals surface area contributed by atoms with Crippen molar-refractivity contribution in [3.63, 3.8) is 0 Å². The van der Waals surface area contributed by atoms with Gasteiger partial charge in [-0.1, -0.05) is 27.2 Å². The van der Waals surface area contributed by atoms with Crippen molar-refractivity contribution in [2.45, 2.75) is 46.5 Å². The second-order valence-electron chi connectivity index (χ2n) is 5.42. The van der Waals surface area contributed by atoms with Gasteiger partial charge in [0.05, 0.1) is 6.07 Å². The number of hydrogen-bond donors (Lipinski definition) is 1. The van der Waals surface area contributed by atoms with Crippen LogP contribution in [0.25, 0.3) is 0 Å². The van der Waals surface area contributed by atoms with Gasteiger partial charge in [-0.25, -0.2) is 0 Å². The van der Waals surface area contributed by atoms with Gasteiger partial charge in [0.25, 0.3) is 0 Å². The van der Waals surface area contributed by atoms with Gasteiger partial charge in [0.2, 0.25) is 5.91 Å². The van der Waals surface area contributed by atoms with E-state index in [9.17, 15) is 4.79 Å². The van der Waals surface area contributed by atoms with E-state index in [1.807, 2.05) is 13.0 Å². The van der Waals surface area contributed by atoms with E-state index >= 15 is 0 Å². The minimum absolute atomic E-state index is 0.114. The van der Waals surface area contributed by atoms with Crippen molar-refractivity contribution < 1.29 is 4.79 Å². The first kappa shape index (κ1) is 13.0. The van der Waals surface area contributed by atoms with Crippen molar-refractivity contribution in [1.29, 1.82) is 5.26 Å². The lowest BCUT2D eigenvalue weighted by atomic mass is 9.67. The Bertz CT molecular complexity index is 287. The summed E-state index contributed by atoms with van der Waals surface area (Å²) in [4.78, 5) is 11.6. The van der Waals surface area contributed by atoms with E-state index in [1.54, 1.807) is 0 Å². The molecule has 0 aliphatic heterocycles. The largest absolute Gasteiger partial charge is 0.354 e. The third kappa shape index (κ3) is 2.98. The quantitative estimate of drug-likeness (QED) is 0.777. The van der Waals surface area contributed by atoms with Crippen molar-refractivity contribution in [3.05, 3.63) is 0 Å². The average molecular weight is 222 g/mol. The molecule has 1 N–H and O–H groups in total. The SMILES string of the molecule is CCC(C#N)C(=O)NCC(C)(C)C1CCC1. The molecule has 0 aromatic heterocycles. The predicted octanol–water partition coefficient (Wildman–Crippen LogP) is 2.48. The molecular weight excluding hydrogens is 200 g/mol. The fourth-order valence-corrected chi connectivity index (χ4v) is 2.11. The molecule has 1 amide bonds. The topological polar surface area (TPSA) is 52.9 Å². The minimum Gasteiger partial charge on any atom is -0.354 e. The van der Waals surface area contributed by atoms with Crippen LogP contribution in [0.1, 0.15) is 46.5 Å². The van der Waals surface area contributed by atoms with Crippen molar-refractivity contribution in [2.75, 3.05) is 6.54 Å². The van der Waals surface area contributed by atoms with Crippen molar-refractivity contribution in [3.8, 4) is 6.07 Å². The highest BCUT2D eigenvalue weighted by molar-refractivity contribution is 5.80. The molecule has 1 aliphatic rings. The van der Waals surface area contributed by atoms with Crippen LogP contribution in [-0.2, 0) is 4.79 Å². The van der Waals surface area contributed by atoms with E-state index in [0.717, 1.165) is 5.92 Å². The maximum Gasteiger partial charge on any atom is 0.237 e. The number of carbonyl (C=O) groups is 1. The number of amides is 1. The van der Waals surface area contributed by atoms with Gasteiger partial charge >= 0.3 is 0 Å². The van der Waals surface area contributed by atoms with Gasteiger partial charge in [0.15, 0.2) is 0 Å². The zero-order valence-corrected chi connectivity index (χ0v) is 10.5. The number of rotatable bonds is 5. The molecule has 1 rings (SSSR count). The Morgan fingerprint density at radius 2 is 2.19 bits per heavy atom. The van der Waals surface area contributed by atoms with Crippen molar-refractivity contribution in [1.82, 2.24) is 5.32 Å². The Morgan fingerprint density at radius 1 is 1.56 bits per heavy atom. The highest BCUT2D eigenvalue weighted by Gasteiger charge is 2.34. The lowest BCUT2D eigenvalue weighted by Crippen LogP contribution is -2.42. The molecule has 0 radical (unpaired) electrons. The predicted molar refractivity (Wildman–Crippen MR) is 63.5 cm³/mol. The highest BCUT2D eigenvalue weighted by atomic mass is 16.1. The number of carbonyl (C=O) groups excluding carboxylic acids is 1. The summed E-state index contributed by atoms with van der Waals surface area (Å²) < 4.78 is 0. The number of nitriles is 1. The van der Waals surface area contributed by atoms with E-state index < -0.39 is 5.92 Å². The normalized spacial score (nSPS) is 18.4. The van der Waals surface area contributed by atoms with Crippen LogP contribution < -0.4 is 5.32 Å². The summed E-state index contributed by atoms with van der Waals surface area (Å²) in [6.45, 7) is 6.95. The molecule has 1 aliphatic carbocycles. The Hall–Kier alpha value is -1.04. The lowest BCUT2D eigenvalue weighted by molar-refractivity contribution is -0.124. The molecule has 0 heterocycles. The Balaban J connectivity index is 2.38. The monoisotopic (exact) mass is 222 g/mol. The second kappa shape index (κ2) is 5.34. The standard InChI is InChI=1S/C13H22N2O/c1-4-10(8-14)12(16)15-9-13(2,3)11-6-5-7-11/h10-11H,4-7,9H2,1-3H3,(H,15,16). The molecule has 1 fully saturated rings. The van der Waals surface area contributed by atoms with Gasteiger partial charge in [0, 0.05) is 6.54 Å². The smallest absolute Gasteiger partial charge is 0.237 e. The highest BCUT2D eigenvalue weighted by Crippen LogP contribution is 2.41. The van der Waals surface area contributed by atoms with E-state index in [0.29, 0.717) is 13.0 Å². The summed E-state index contributed by atoms with van der Waals surface area (Å²) in [7, 11) is 0.